The number of hydrogen-bond donors (Lipinski definition) is 4. The standard InChI is InChI=1S/C17H35N3O5/c1-4-6-7-11-14(16(22)23)19-15(21)13(18)10-8-9-12-20(3)17(24)25-5-2/h13-14,17,24H,4-12,18H2,1-3H3,(H,19,21)(H,22,23). The molecule has 0 aliphatic carbocycles. The van der Waals surface area contributed by atoms with E-state index in [-0.39, 0.29) is 0 Å². The van der Waals surface area contributed by atoms with E-state index in [0.29, 0.717) is 32.4 Å². The Kier molecular flexibility index (Phi) is 13.3. The first-order valence-corrected chi connectivity index (χ1v) is 9.12. The fraction of sp³-hybridized carbons (Fsp3) is 0.882. The molecule has 8 nitrogen and oxygen atoms in total. The molecule has 0 aliphatic rings. The molecule has 8 heteroatoms. The van der Waals surface area contributed by atoms with Crippen LogP contribution in [-0.4, -0.2) is 65.7 Å². The van der Waals surface area contributed by atoms with Gasteiger partial charge in [0.15, 0.2) is 0 Å². The molecule has 0 aromatic heterocycles. The number of ether oxygens (including phenoxy) is 1. The highest BCUT2D eigenvalue weighted by Gasteiger charge is 2.22. The van der Waals surface area contributed by atoms with E-state index < -0.39 is 30.4 Å². The van der Waals surface area contributed by atoms with Gasteiger partial charge < -0.3 is 26.0 Å². The summed E-state index contributed by atoms with van der Waals surface area (Å²) in [6.45, 7) is 4.89. The summed E-state index contributed by atoms with van der Waals surface area (Å²) in [6.07, 6.45) is 4.09. The Morgan fingerprint density at radius 1 is 1.16 bits per heavy atom. The van der Waals surface area contributed by atoms with E-state index in [0.717, 1.165) is 25.7 Å². The van der Waals surface area contributed by atoms with Gasteiger partial charge in [0.25, 0.3) is 0 Å². The highest BCUT2D eigenvalue weighted by Crippen LogP contribution is 2.06. The smallest absolute Gasteiger partial charge is 0.326 e. The van der Waals surface area contributed by atoms with Gasteiger partial charge >= 0.3 is 5.97 Å². The van der Waals surface area contributed by atoms with E-state index in [1.165, 1.54) is 0 Å². The molecule has 0 aromatic carbocycles. The van der Waals surface area contributed by atoms with Crippen molar-refractivity contribution in [3.05, 3.63) is 0 Å². The second-order valence-corrected chi connectivity index (χ2v) is 6.26. The summed E-state index contributed by atoms with van der Waals surface area (Å²) in [6, 6.07) is -1.60. The van der Waals surface area contributed by atoms with Gasteiger partial charge in [-0.05, 0) is 33.2 Å². The first kappa shape index (κ1) is 23.8. The summed E-state index contributed by atoms with van der Waals surface area (Å²) >= 11 is 0. The zero-order valence-corrected chi connectivity index (χ0v) is 15.7. The molecule has 0 bridgehead atoms. The van der Waals surface area contributed by atoms with Gasteiger partial charge in [-0.15, -0.1) is 0 Å². The third-order valence-corrected chi connectivity index (χ3v) is 4.02. The van der Waals surface area contributed by atoms with E-state index in [2.05, 4.69) is 5.32 Å². The van der Waals surface area contributed by atoms with Gasteiger partial charge in [-0.3, -0.25) is 9.69 Å². The molecule has 0 aliphatic heterocycles. The Balaban J connectivity index is 4.09. The lowest BCUT2D eigenvalue weighted by molar-refractivity contribution is -0.182. The van der Waals surface area contributed by atoms with Crippen LogP contribution in [0.25, 0.3) is 0 Å². The zero-order valence-electron chi connectivity index (χ0n) is 15.7. The molecule has 0 rings (SSSR count). The number of carbonyl (C=O) groups is 2. The van der Waals surface area contributed by atoms with Crippen molar-refractivity contribution in [2.45, 2.75) is 77.3 Å². The van der Waals surface area contributed by atoms with Gasteiger partial charge in [0.05, 0.1) is 6.04 Å². The Hall–Kier alpha value is -1.22. The maximum absolute atomic E-state index is 12.0. The number of carboxylic acids is 1. The molecule has 148 valence electrons. The van der Waals surface area contributed by atoms with Crippen molar-refractivity contribution in [2.24, 2.45) is 5.73 Å². The molecule has 0 fully saturated rings. The normalized spacial score (nSPS) is 15.0. The van der Waals surface area contributed by atoms with Crippen molar-refractivity contribution >= 4 is 11.9 Å². The van der Waals surface area contributed by atoms with Crippen molar-refractivity contribution in [2.75, 3.05) is 20.2 Å². The SMILES string of the molecule is CCCCCC(NC(=O)C(N)CCCCN(C)C(O)OCC)C(=O)O. The van der Waals surface area contributed by atoms with Gasteiger partial charge in [0, 0.05) is 13.2 Å². The van der Waals surface area contributed by atoms with Crippen LogP contribution in [0.15, 0.2) is 0 Å². The molecular weight excluding hydrogens is 326 g/mol. The lowest BCUT2D eigenvalue weighted by Gasteiger charge is -2.23. The average molecular weight is 361 g/mol. The van der Waals surface area contributed by atoms with Crippen LogP contribution in [-0.2, 0) is 14.3 Å². The van der Waals surface area contributed by atoms with Gasteiger partial charge in [0.1, 0.15) is 6.04 Å². The predicted molar refractivity (Wildman–Crippen MR) is 95.8 cm³/mol. The monoisotopic (exact) mass is 361 g/mol. The van der Waals surface area contributed by atoms with Crippen LogP contribution < -0.4 is 11.1 Å². The Morgan fingerprint density at radius 3 is 2.36 bits per heavy atom. The highest BCUT2D eigenvalue weighted by atomic mass is 16.6. The number of hydrogen-bond acceptors (Lipinski definition) is 6. The quantitative estimate of drug-likeness (QED) is 0.252. The molecule has 0 saturated carbocycles. The van der Waals surface area contributed by atoms with Gasteiger partial charge in [-0.2, -0.15) is 0 Å². The number of aliphatic hydroxyl groups excluding tert-OH is 1. The number of aliphatic hydroxyl groups is 1. The summed E-state index contributed by atoms with van der Waals surface area (Å²) < 4.78 is 5.06. The topological polar surface area (TPSA) is 125 Å². The predicted octanol–water partition coefficient (Wildman–Crippen LogP) is 0.878. The van der Waals surface area contributed by atoms with E-state index in [1.54, 1.807) is 18.9 Å². The first-order chi connectivity index (χ1) is 11.8. The number of unbranched alkanes of at least 4 members (excludes halogenated alkanes) is 3. The first-order valence-electron chi connectivity index (χ1n) is 9.12. The van der Waals surface area contributed by atoms with Gasteiger partial charge in [0.2, 0.25) is 12.3 Å². The number of rotatable bonds is 15. The van der Waals surface area contributed by atoms with Crippen LogP contribution in [0, 0.1) is 0 Å². The largest absolute Gasteiger partial charge is 0.480 e. The number of nitrogens with one attached hydrogen (secondary N) is 1. The molecule has 5 N–H and O–H groups in total. The Labute approximate surface area is 150 Å². The second kappa shape index (κ2) is 14.0. The van der Waals surface area contributed by atoms with Crippen LogP contribution in [0.5, 0.6) is 0 Å². The summed E-state index contributed by atoms with van der Waals surface area (Å²) in [4.78, 5) is 24.9. The maximum Gasteiger partial charge on any atom is 0.326 e. The van der Waals surface area contributed by atoms with Crippen LogP contribution >= 0.6 is 0 Å². The van der Waals surface area contributed by atoms with Crippen LogP contribution in [0.4, 0.5) is 0 Å². The third-order valence-electron chi connectivity index (χ3n) is 4.02. The number of carbonyl (C=O) groups excluding carboxylic acids is 1. The van der Waals surface area contributed by atoms with Crippen LogP contribution in [0.2, 0.25) is 0 Å². The van der Waals surface area contributed by atoms with E-state index >= 15 is 0 Å². The summed E-state index contributed by atoms with van der Waals surface area (Å²) in [5.41, 5.74) is 5.85. The summed E-state index contributed by atoms with van der Waals surface area (Å²) in [5, 5.41) is 21.3. The van der Waals surface area contributed by atoms with Crippen molar-refractivity contribution in [1.29, 1.82) is 0 Å². The Bertz CT molecular complexity index is 381. The minimum atomic E-state index is -1.02. The lowest BCUT2D eigenvalue weighted by Crippen LogP contribution is -2.48. The molecule has 0 radical (unpaired) electrons. The fourth-order valence-corrected chi connectivity index (χ4v) is 2.38. The number of carboxylic acid groups (broad SMARTS) is 1. The molecule has 25 heavy (non-hydrogen) atoms. The highest BCUT2D eigenvalue weighted by molar-refractivity contribution is 5.86. The van der Waals surface area contributed by atoms with Crippen molar-refractivity contribution < 1.29 is 24.5 Å². The van der Waals surface area contributed by atoms with E-state index in [4.69, 9.17) is 10.5 Å². The number of aliphatic carboxylic acids is 1. The minimum Gasteiger partial charge on any atom is -0.480 e. The average Bonchev–Trinajstić information content (AvgIpc) is 2.57. The molecule has 1 amide bonds. The van der Waals surface area contributed by atoms with E-state index in [9.17, 15) is 19.8 Å². The second-order valence-electron chi connectivity index (χ2n) is 6.26. The summed E-state index contributed by atoms with van der Waals surface area (Å²) in [7, 11) is 1.75. The van der Waals surface area contributed by atoms with Gasteiger partial charge in [-0.1, -0.05) is 32.6 Å². The lowest BCUT2D eigenvalue weighted by atomic mass is 10.1. The number of amides is 1. The maximum atomic E-state index is 12.0. The number of nitrogens with zero attached hydrogens (tertiary/aromatic N) is 1. The molecule has 0 spiro atoms. The Morgan fingerprint density at radius 2 is 1.80 bits per heavy atom. The molecule has 0 saturated heterocycles. The van der Waals surface area contributed by atoms with Crippen molar-refractivity contribution in [3.8, 4) is 0 Å². The number of nitrogens with two attached hydrogens (primary N) is 1. The zero-order chi connectivity index (χ0) is 19.2. The van der Waals surface area contributed by atoms with Crippen LogP contribution in [0.3, 0.4) is 0 Å². The molecule has 0 aromatic rings. The van der Waals surface area contributed by atoms with Crippen molar-refractivity contribution in [1.82, 2.24) is 10.2 Å². The molecule has 3 atom stereocenters. The third kappa shape index (κ3) is 11.1. The molecule has 0 heterocycles. The fourth-order valence-electron chi connectivity index (χ4n) is 2.38. The van der Waals surface area contributed by atoms with Gasteiger partial charge in [-0.25, -0.2) is 4.79 Å². The van der Waals surface area contributed by atoms with Crippen molar-refractivity contribution in [3.63, 3.8) is 0 Å². The molecular formula is C17H35N3O5. The minimum absolute atomic E-state index is 0.418. The van der Waals surface area contributed by atoms with Crippen LogP contribution in [0.1, 0.15) is 58.8 Å². The summed E-state index contributed by atoms with van der Waals surface area (Å²) in [5.74, 6) is -1.45. The molecule has 3 unspecified atom stereocenters. The van der Waals surface area contributed by atoms with E-state index in [1.807, 2.05) is 6.92 Å².